The van der Waals surface area contributed by atoms with E-state index in [2.05, 4.69) is 118 Å². The Morgan fingerprint density at radius 3 is 2.04 bits per heavy atom. The van der Waals surface area contributed by atoms with Crippen molar-refractivity contribution in [2.75, 3.05) is 12.0 Å². The Bertz CT molecular complexity index is 1880. The number of methoxy groups -OCH3 is 1. The van der Waals surface area contributed by atoms with Gasteiger partial charge in [0.1, 0.15) is 11.6 Å². The lowest BCUT2D eigenvalue weighted by atomic mass is 9.73. The number of anilines is 1. The Labute approximate surface area is 417 Å². The quantitative estimate of drug-likeness (QED) is 0.0876. The van der Waals surface area contributed by atoms with E-state index in [1.165, 1.54) is 43.7 Å². The fourth-order valence-corrected chi connectivity index (χ4v) is 9.24. The summed E-state index contributed by atoms with van der Waals surface area (Å²) in [5.41, 5.74) is 6.95. The van der Waals surface area contributed by atoms with E-state index in [-0.39, 0.29) is 12.0 Å². The lowest BCUT2D eigenvalue weighted by Gasteiger charge is -2.42. The van der Waals surface area contributed by atoms with Crippen LogP contribution in [0.5, 0.6) is 0 Å². The Hall–Kier alpha value is -3.84. The number of ketones is 1. The summed E-state index contributed by atoms with van der Waals surface area (Å²) in [6, 6.07) is 6.76. The number of fused-ring (bicyclic) bond motifs is 1. The Balaban J connectivity index is 0.000000780. The van der Waals surface area contributed by atoms with Crippen LogP contribution in [0.3, 0.4) is 0 Å². The topological polar surface area (TPSA) is 71.0 Å². The number of benzene rings is 1. The van der Waals surface area contributed by atoms with E-state index in [1.54, 1.807) is 19.3 Å². The van der Waals surface area contributed by atoms with Gasteiger partial charge in [0.15, 0.2) is 0 Å². The highest BCUT2D eigenvalue weighted by Gasteiger charge is 2.53. The van der Waals surface area contributed by atoms with Crippen LogP contribution in [-0.2, 0) is 19.7 Å². The van der Waals surface area contributed by atoms with Gasteiger partial charge in [0.25, 0.3) is 0 Å². The largest absolute Gasteiger partial charge is 0.381 e. The number of carbonyl (C=O) groups excluding carboxylic acids is 2. The number of carbonyl (C=O) groups is 2. The molecule has 3 aliphatic rings. The van der Waals surface area contributed by atoms with Crippen molar-refractivity contribution in [1.29, 1.82) is 0 Å². The molecule has 1 unspecified atom stereocenters. The Morgan fingerprint density at radius 2 is 1.59 bits per heavy atom. The van der Waals surface area contributed by atoms with Crippen LogP contribution in [-0.4, -0.2) is 37.2 Å². The third-order valence-corrected chi connectivity index (χ3v) is 14.0. The number of Topliss-reactive ketones (excluding diaryl/α,β-unsaturated/α-hetero) is 1. The number of aliphatic imine (C=N–C) groups is 1. The van der Waals surface area contributed by atoms with E-state index in [0.29, 0.717) is 40.7 Å². The van der Waals surface area contributed by atoms with Gasteiger partial charge in [0, 0.05) is 42.6 Å². The molecule has 2 aliphatic carbocycles. The summed E-state index contributed by atoms with van der Waals surface area (Å²) in [5, 5.41) is 3.19. The summed E-state index contributed by atoms with van der Waals surface area (Å²) in [7, 11) is 1.72. The van der Waals surface area contributed by atoms with E-state index >= 15 is 0 Å². The van der Waals surface area contributed by atoms with Gasteiger partial charge in [-0.1, -0.05) is 160 Å². The molecule has 2 saturated carbocycles. The van der Waals surface area contributed by atoms with Gasteiger partial charge >= 0.3 is 0 Å². The second-order valence-electron chi connectivity index (χ2n) is 21.1. The minimum absolute atomic E-state index is 0.243. The number of rotatable bonds is 23. The molecule has 6 nitrogen and oxygen atoms in total. The maximum Gasteiger partial charge on any atom is 0.237 e. The van der Waals surface area contributed by atoms with E-state index in [1.807, 2.05) is 46.9 Å². The third-order valence-electron chi connectivity index (χ3n) is 14.0. The van der Waals surface area contributed by atoms with Gasteiger partial charge < -0.3 is 15.0 Å². The zero-order valence-corrected chi connectivity index (χ0v) is 46.6. The van der Waals surface area contributed by atoms with E-state index in [4.69, 9.17) is 9.73 Å². The summed E-state index contributed by atoms with van der Waals surface area (Å²) in [6.45, 7) is 42.2. The molecule has 1 aromatic carbocycles. The molecule has 1 amide bonds. The number of allylic oxidation sites excluding steroid dienone is 8. The summed E-state index contributed by atoms with van der Waals surface area (Å²) in [4.78, 5) is 32.8. The fourth-order valence-electron chi connectivity index (χ4n) is 9.24. The van der Waals surface area contributed by atoms with Gasteiger partial charge in [0.2, 0.25) is 5.91 Å². The highest BCUT2D eigenvalue weighted by atomic mass is 19.1. The molecule has 1 heterocycles. The van der Waals surface area contributed by atoms with E-state index in [9.17, 15) is 14.0 Å². The number of amides is 1. The van der Waals surface area contributed by atoms with Gasteiger partial charge in [0.05, 0.1) is 22.9 Å². The predicted octanol–water partition coefficient (Wildman–Crippen LogP) is 17.6. The Morgan fingerprint density at radius 1 is 0.985 bits per heavy atom. The minimum atomic E-state index is -0.443. The highest BCUT2D eigenvalue weighted by Crippen LogP contribution is 2.52. The van der Waals surface area contributed by atoms with Crippen LogP contribution in [0.4, 0.5) is 10.1 Å². The standard InChI is InChI=1S/C39H54FN3O.C10H18O2.C8H18.C4H10/c1-10-16-30-24-32(25-30)43-37-26-31(18-19-33(37)39(20-12-3,21-13-4)38(43)44)27(7)23-36(41-22-14-5)28(8)29(9)42-35(17-11-2)34(40)15-6;1-4-7(2)10(11)8-5-9(6-8)12-3;1-5-7-8(3,4)6-2;1-4(2)3/h11,15,17-19,22-23,26,30,32,42H,6-7,10,12-14,16,20-21,24-25H2,1-5,8-9H3;7-9H,4-6H2,1-3H3;5-7H2,1-4H3;4H,1-3H3/b17-11-,29-28+,35-34-,36-23+,41-22?;;;. The van der Waals surface area contributed by atoms with E-state index < -0.39 is 11.2 Å². The molecule has 4 rings (SSSR count). The molecular formula is C61H100FN3O3. The zero-order chi connectivity index (χ0) is 51.8. The van der Waals surface area contributed by atoms with Crippen molar-refractivity contribution in [3.05, 3.63) is 95.3 Å². The first-order chi connectivity index (χ1) is 32.2. The number of hydrogen-bond acceptors (Lipinski definition) is 5. The van der Waals surface area contributed by atoms with Crippen LogP contribution in [0.2, 0.25) is 0 Å². The van der Waals surface area contributed by atoms with Crippen LogP contribution in [0.1, 0.15) is 218 Å². The smallest absolute Gasteiger partial charge is 0.237 e. The first-order valence-electron chi connectivity index (χ1n) is 26.7. The van der Waals surface area contributed by atoms with Gasteiger partial charge in [-0.2, -0.15) is 0 Å². The molecule has 1 aromatic rings. The fraction of sp³-hybridized carbons (Fsp3) is 0.656. The molecule has 0 saturated heterocycles. The van der Waals surface area contributed by atoms with Crippen molar-refractivity contribution in [3.63, 3.8) is 0 Å². The van der Waals surface area contributed by atoms with Crippen molar-refractivity contribution in [1.82, 2.24) is 5.32 Å². The van der Waals surface area contributed by atoms with Gasteiger partial charge in [-0.15, -0.1) is 0 Å². The normalized spacial score (nSPS) is 20.9. The van der Waals surface area contributed by atoms with Crippen molar-refractivity contribution >= 4 is 29.2 Å². The molecular weight excluding hydrogens is 842 g/mol. The van der Waals surface area contributed by atoms with Crippen LogP contribution in [0.25, 0.3) is 5.57 Å². The van der Waals surface area contributed by atoms with Crippen LogP contribution in [0.15, 0.2) is 89.1 Å². The lowest BCUT2D eigenvalue weighted by Crippen LogP contribution is -2.50. The van der Waals surface area contributed by atoms with Crippen molar-refractivity contribution in [2.45, 2.75) is 225 Å². The molecule has 0 aromatic heterocycles. The van der Waals surface area contributed by atoms with Gasteiger partial charge in [-0.25, -0.2) is 4.39 Å². The lowest BCUT2D eigenvalue weighted by molar-refractivity contribution is -0.134. The van der Waals surface area contributed by atoms with Crippen LogP contribution >= 0.6 is 0 Å². The number of hydrogen-bond donors (Lipinski definition) is 1. The minimum Gasteiger partial charge on any atom is -0.381 e. The SMILES string of the molecule is C=C/C(F)=C(\C=C/C)N/C(C)=C(C)/C(=C\C(=C)c1ccc2c(c1)N(C1CC(CCC)C1)C(=O)C2(CCC)CCC)N=CCC.CC(C)C.CCC(C)C(=O)C1CC(OC)C1.CCCC(C)(C)CC. The zero-order valence-electron chi connectivity index (χ0n) is 46.6. The molecule has 68 heavy (non-hydrogen) atoms. The third kappa shape index (κ3) is 18.5. The first kappa shape index (κ1) is 62.2. The number of nitrogens with one attached hydrogen (secondary N) is 1. The molecule has 1 atom stereocenters. The molecule has 1 N–H and O–H groups in total. The van der Waals surface area contributed by atoms with Crippen LogP contribution in [0, 0.1) is 29.1 Å². The first-order valence-corrected chi connectivity index (χ1v) is 26.7. The van der Waals surface area contributed by atoms with E-state index in [0.717, 1.165) is 104 Å². The van der Waals surface area contributed by atoms with Crippen molar-refractivity contribution in [3.8, 4) is 0 Å². The monoisotopic (exact) mass is 942 g/mol. The van der Waals surface area contributed by atoms with Crippen molar-refractivity contribution in [2.24, 2.45) is 34.1 Å². The average molecular weight is 942 g/mol. The summed E-state index contributed by atoms with van der Waals surface area (Å²) >= 11 is 0. The number of ether oxygens (including phenoxy) is 1. The van der Waals surface area contributed by atoms with Crippen molar-refractivity contribution < 1.29 is 18.7 Å². The molecule has 0 radical (unpaired) electrons. The van der Waals surface area contributed by atoms with Gasteiger partial charge in [-0.3, -0.25) is 14.6 Å². The molecule has 2 fully saturated rings. The molecule has 0 bridgehead atoms. The maximum atomic E-state index is 14.4. The second kappa shape index (κ2) is 31.4. The summed E-state index contributed by atoms with van der Waals surface area (Å²) in [5.74, 6) is 2.39. The summed E-state index contributed by atoms with van der Waals surface area (Å²) in [6.07, 6.45) is 24.8. The molecule has 7 heteroatoms. The number of halogens is 1. The van der Waals surface area contributed by atoms with Crippen LogP contribution < -0.4 is 10.2 Å². The second-order valence-corrected chi connectivity index (χ2v) is 21.1. The summed E-state index contributed by atoms with van der Waals surface area (Å²) < 4.78 is 19.6. The molecule has 0 spiro atoms. The highest BCUT2D eigenvalue weighted by molar-refractivity contribution is 6.09. The van der Waals surface area contributed by atoms with Gasteiger partial charge in [-0.05, 0) is 142 Å². The molecule has 384 valence electrons. The predicted molar refractivity (Wildman–Crippen MR) is 295 cm³/mol. The Kier molecular flexibility index (Phi) is 28.7. The average Bonchev–Trinajstić information content (AvgIpc) is 3.50. The number of nitrogens with zero attached hydrogens (tertiary/aromatic N) is 2. The molecule has 1 aliphatic heterocycles. The maximum absolute atomic E-state index is 14.4.